The van der Waals surface area contributed by atoms with Gasteiger partial charge in [-0.1, -0.05) is 60.8 Å². The minimum atomic E-state index is 0.468. The van der Waals surface area contributed by atoms with Gasteiger partial charge in [0.2, 0.25) is 0 Å². The molecule has 0 aliphatic heterocycles. The highest BCUT2D eigenvalue weighted by atomic mass is 79.9. The molecule has 19 heavy (non-hydrogen) atoms. The van der Waals surface area contributed by atoms with Crippen LogP contribution in [0.1, 0.15) is 52.4 Å². The van der Waals surface area contributed by atoms with Gasteiger partial charge < -0.3 is 4.74 Å². The Morgan fingerprint density at radius 1 is 1.05 bits per heavy atom. The molecule has 0 heterocycles. The normalized spacial score (nSPS) is 14.1. The highest BCUT2D eigenvalue weighted by Crippen LogP contribution is 2.36. The van der Waals surface area contributed by atoms with E-state index in [1.807, 2.05) is 30.3 Å². The maximum Gasteiger partial charge on any atom is 0.119 e. The fourth-order valence-electron chi connectivity index (χ4n) is 2.41. The van der Waals surface area contributed by atoms with Gasteiger partial charge in [-0.3, -0.25) is 0 Å². The van der Waals surface area contributed by atoms with Crippen molar-refractivity contribution in [2.75, 3.05) is 11.9 Å². The Bertz CT molecular complexity index is 319. The van der Waals surface area contributed by atoms with Crippen molar-refractivity contribution in [2.24, 2.45) is 5.41 Å². The number of ether oxygens (including phenoxy) is 1. The molecule has 0 amide bonds. The molecule has 1 nitrogen and oxygen atoms in total. The van der Waals surface area contributed by atoms with Crippen LogP contribution in [-0.4, -0.2) is 11.9 Å². The summed E-state index contributed by atoms with van der Waals surface area (Å²) < 4.78 is 5.78. The van der Waals surface area contributed by atoms with E-state index in [-0.39, 0.29) is 0 Å². The first kappa shape index (κ1) is 16.6. The zero-order valence-electron chi connectivity index (χ0n) is 12.3. The Morgan fingerprint density at radius 2 is 1.74 bits per heavy atom. The fourth-order valence-corrected chi connectivity index (χ4v) is 3.37. The first-order chi connectivity index (χ1) is 9.26. The summed E-state index contributed by atoms with van der Waals surface area (Å²) in [5.74, 6) is 0.983. The summed E-state index contributed by atoms with van der Waals surface area (Å²) in [6, 6.07) is 10.1. The largest absolute Gasteiger partial charge is 0.494 e. The van der Waals surface area contributed by atoms with E-state index in [2.05, 4.69) is 29.8 Å². The van der Waals surface area contributed by atoms with Gasteiger partial charge in [-0.15, -0.1) is 0 Å². The van der Waals surface area contributed by atoms with Crippen LogP contribution in [0.25, 0.3) is 0 Å². The van der Waals surface area contributed by atoms with Gasteiger partial charge in [0, 0.05) is 5.33 Å². The van der Waals surface area contributed by atoms with Gasteiger partial charge in [0.25, 0.3) is 0 Å². The van der Waals surface area contributed by atoms with Crippen LogP contribution in [0.2, 0.25) is 0 Å². The van der Waals surface area contributed by atoms with E-state index in [4.69, 9.17) is 4.74 Å². The highest BCUT2D eigenvalue weighted by molar-refractivity contribution is 9.09. The lowest BCUT2D eigenvalue weighted by Gasteiger charge is -2.31. The Labute approximate surface area is 126 Å². The van der Waals surface area contributed by atoms with Crippen molar-refractivity contribution in [2.45, 2.75) is 52.4 Å². The van der Waals surface area contributed by atoms with Crippen LogP contribution in [0.3, 0.4) is 0 Å². The van der Waals surface area contributed by atoms with E-state index in [1.165, 1.54) is 32.1 Å². The van der Waals surface area contributed by atoms with Gasteiger partial charge in [-0.2, -0.15) is 0 Å². The number of benzene rings is 1. The quantitative estimate of drug-likeness (QED) is 0.388. The van der Waals surface area contributed by atoms with Crippen molar-refractivity contribution >= 4 is 15.9 Å². The first-order valence-corrected chi connectivity index (χ1v) is 8.62. The van der Waals surface area contributed by atoms with Crippen molar-refractivity contribution in [3.63, 3.8) is 0 Å². The van der Waals surface area contributed by atoms with Gasteiger partial charge in [0.05, 0.1) is 6.61 Å². The monoisotopic (exact) mass is 326 g/mol. The Hall–Kier alpha value is -0.500. The molecule has 0 fully saturated rings. The highest BCUT2D eigenvalue weighted by Gasteiger charge is 2.25. The number of unbranched alkanes of at least 4 members (excludes halogenated alkanes) is 1. The molecule has 108 valence electrons. The number of para-hydroxylation sites is 1. The van der Waals surface area contributed by atoms with Gasteiger partial charge in [0.15, 0.2) is 0 Å². The Kier molecular flexibility index (Phi) is 8.20. The van der Waals surface area contributed by atoms with Crippen LogP contribution in [-0.2, 0) is 0 Å². The molecule has 0 bridgehead atoms. The summed E-state index contributed by atoms with van der Waals surface area (Å²) in [4.78, 5) is 0. The molecule has 0 spiro atoms. The third-order valence-corrected chi connectivity index (χ3v) is 5.15. The van der Waals surface area contributed by atoms with Crippen molar-refractivity contribution in [1.82, 2.24) is 0 Å². The van der Waals surface area contributed by atoms with E-state index in [1.54, 1.807) is 0 Å². The second kappa shape index (κ2) is 9.41. The molecule has 0 saturated carbocycles. The topological polar surface area (TPSA) is 9.23 Å². The third kappa shape index (κ3) is 5.99. The van der Waals surface area contributed by atoms with Crippen LogP contribution < -0.4 is 4.74 Å². The predicted molar refractivity (Wildman–Crippen MR) is 87.2 cm³/mol. The SMILES string of the molecule is CCCCC(CC)(CBr)CCCOc1ccccc1. The average Bonchev–Trinajstić information content (AvgIpc) is 2.48. The molecule has 1 unspecified atom stereocenters. The molecule has 0 aliphatic carbocycles. The van der Waals surface area contributed by atoms with E-state index in [0.29, 0.717) is 5.41 Å². The molecule has 1 aromatic rings. The Balaban J connectivity index is 2.32. The first-order valence-electron chi connectivity index (χ1n) is 7.50. The van der Waals surface area contributed by atoms with Gasteiger partial charge >= 0.3 is 0 Å². The third-order valence-electron chi connectivity index (χ3n) is 3.96. The lowest BCUT2D eigenvalue weighted by atomic mass is 9.78. The molecule has 0 saturated heterocycles. The predicted octanol–water partition coefficient (Wildman–Crippen LogP) is 5.83. The van der Waals surface area contributed by atoms with Crippen molar-refractivity contribution in [3.8, 4) is 5.75 Å². The smallest absolute Gasteiger partial charge is 0.119 e. The molecular weight excluding hydrogens is 300 g/mol. The molecule has 0 aromatic heterocycles. The molecule has 0 N–H and O–H groups in total. The number of rotatable bonds is 10. The zero-order chi connectivity index (χ0) is 14.0. The molecule has 0 radical (unpaired) electrons. The number of hydrogen-bond acceptors (Lipinski definition) is 1. The van der Waals surface area contributed by atoms with Crippen LogP contribution >= 0.6 is 15.9 Å². The van der Waals surface area contributed by atoms with Crippen LogP contribution in [0, 0.1) is 5.41 Å². The van der Waals surface area contributed by atoms with Crippen molar-refractivity contribution in [3.05, 3.63) is 30.3 Å². The van der Waals surface area contributed by atoms with E-state index in [9.17, 15) is 0 Å². The van der Waals surface area contributed by atoms with E-state index in [0.717, 1.165) is 24.1 Å². The van der Waals surface area contributed by atoms with Gasteiger partial charge in [-0.05, 0) is 43.2 Å². The molecule has 0 aliphatic rings. The summed E-state index contributed by atoms with van der Waals surface area (Å²) in [6.45, 7) is 5.41. The second-order valence-electron chi connectivity index (χ2n) is 5.36. The van der Waals surface area contributed by atoms with Crippen LogP contribution in [0.4, 0.5) is 0 Å². The van der Waals surface area contributed by atoms with E-state index < -0.39 is 0 Å². The van der Waals surface area contributed by atoms with E-state index >= 15 is 0 Å². The van der Waals surface area contributed by atoms with Crippen LogP contribution in [0.15, 0.2) is 30.3 Å². The summed E-state index contributed by atoms with van der Waals surface area (Å²) in [5, 5.41) is 1.11. The summed E-state index contributed by atoms with van der Waals surface area (Å²) in [7, 11) is 0. The number of alkyl halides is 1. The van der Waals surface area contributed by atoms with Crippen molar-refractivity contribution in [1.29, 1.82) is 0 Å². The Morgan fingerprint density at radius 3 is 2.32 bits per heavy atom. The molecule has 1 rings (SSSR count). The maximum absolute atomic E-state index is 5.78. The fraction of sp³-hybridized carbons (Fsp3) is 0.647. The van der Waals surface area contributed by atoms with Gasteiger partial charge in [0.1, 0.15) is 5.75 Å². The standard InChI is InChI=1S/C17H27BrO/c1-3-5-12-17(4-2,15-18)13-9-14-19-16-10-7-6-8-11-16/h6-8,10-11H,3-5,9,12-15H2,1-2H3. The summed E-state index contributed by atoms with van der Waals surface area (Å²) in [6.07, 6.45) is 7.59. The summed E-state index contributed by atoms with van der Waals surface area (Å²) >= 11 is 3.72. The summed E-state index contributed by atoms with van der Waals surface area (Å²) in [5.41, 5.74) is 0.468. The number of hydrogen-bond donors (Lipinski definition) is 0. The number of halogens is 1. The molecular formula is C17H27BrO. The minimum Gasteiger partial charge on any atom is -0.494 e. The zero-order valence-corrected chi connectivity index (χ0v) is 13.9. The average molecular weight is 327 g/mol. The maximum atomic E-state index is 5.78. The molecule has 1 atom stereocenters. The molecule has 2 heteroatoms. The lowest BCUT2D eigenvalue weighted by Crippen LogP contribution is -2.22. The van der Waals surface area contributed by atoms with Crippen LogP contribution in [0.5, 0.6) is 5.75 Å². The minimum absolute atomic E-state index is 0.468. The lowest BCUT2D eigenvalue weighted by molar-refractivity contribution is 0.222. The van der Waals surface area contributed by atoms with Gasteiger partial charge in [-0.25, -0.2) is 0 Å². The second-order valence-corrected chi connectivity index (χ2v) is 5.92. The molecule has 1 aromatic carbocycles. The van der Waals surface area contributed by atoms with Crippen molar-refractivity contribution < 1.29 is 4.74 Å².